The molecule has 0 fully saturated rings. The van der Waals surface area contributed by atoms with Crippen LogP contribution in [0.3, 0.4) is 0 Å². The van der Waals surface area contributed by atoms with Gasteiger partial charge in [0.15, 0.2) is 0 Å². The van der Waals surface area contributed by atoms with E-state index >= 15 is 0 Å². The van der Waals surface area contributed by atoms with E-state index in [1.54, 1.807) is 17.8 Å². The van der Waals surface area contributed by atoms with Crippen molar-refractivity contribution >= 4 is 24.3 Å². The number of hydrogen-bond acceptors (Lipinski definition) is 3. The summed E-state index contributed by atoms with van der Waals surface area (Å²) in [6, 6.07) is 4.28. The van der Waals surface area contributed by atoms with Crippen LogP contribution in [0.25, 0.3) is 0 Å². The first kappa shape index (κ1) is 11.6. The Morgan fingerprint density at radius 1 is 1.43 bits per heavy atom. The van der Waals surface area contributed by atoms with E-state index in [-0.39, 0.29) is 11.3 Å². The zero-order valence-corrected chi connectivity index (χ0v) is 8.72. The number of thioether (sulfide) groups is 1. The van der Waals surface area contributed by atoms with Crippen molar-refractivity contribution in [1.82, 2.24) is 0 Å². The highest BCUT2D eigenvalue weighted by molar-refractivity contribution is 7.98. The molecule has 1 rings (SSSR count). The summed E-state index contributed by atoms with van der Waals surface area (Å²) in [5.74, 6) is 1.17. The molecule has 1 aromatic rings. The van der Waals surface area contributed by atoms with Gasteiger partial charge in [-0.05, 0) is 22.8 Å². The maximum Gasteiger partial charge on any atom is 0.488 e. The summed E-state index contributed by atoms with van der Waals surface area (Å²) in [5, 5.41) is 17.6. The second-order valence-corrected chi connectivity index (χ2v) is 4.14. The van der Waals surface area contributed by atoms with E-state index in [0.29, 0.717) is 11.3 Å². The van der Waals surface area contributed by atoms with Gasteiger partial charge in [0.2, 0.25) is 0 Å². The molecule has 0 heterocycles. The van der Waals surface area contributed by atoms with Crippen molar-refractivity contribution in [2.45, 2.75) is 12.7 Å². The summed E-state index contributed by atoms with van der Waals surface area (Å²) in [7, 11) is -1.60. The smallest absolute Gasteiger partial charge is 0.423 e. The van der Waals surface area contributed by atoms with Crippen molar-refractivity contribution in [3.8, 4) is 0 Å². The lowest BCUT2D eigenvalue weighted by Gasteiger charge is -2.04. The molecule has 0 amide bonds. The molecule has 14 heavy (non-hydrogen) atoms. The van der Waals surface area contributed by atoms with Gasteiger partial charge < -0.3 is 10.0 Å². The molecule has 0 aromatic heterocycles. The minimum Gasteiger partial charge on any atom is -0.423 e. The molecule has 76 valence electrons. The first-order valence-electron chi connectivity index (χ1n) is 4.37. The van der Waals surface area contributed by atoms with E-state index in [0.717, 1.165) is 11.8 Å². The fourth-order valence-corrected chi connectivity index (χ4v) is 1.71. The molecule has 1 aromatic carbocycles. The zero-order chi connectivity index (χ0) is 10.6. The van der Waals surface area contributed by atoms with Crippen LogP contribution in [0, 0.1) is 5.82 Å². The van der Waals surface area contributed by atoms with Gasteiger partial charge in [-0.3, -0.25) is 0 Å². The number of halogens is 1. The third-order valence-electron chi connectivity index (χ3n) is 1.84. The fourth-order valence-electron chi connectivity index (χ4n) is 1.05. The van der Waals surface area contributed by atoms with Crippen LogP contribution < -0.4 is 5.46 Å². The van der Waals surface area contributed by atoms with Crippen molar-refractivity contribution < 1.29 is 14.4 Å². The van der Waals surface area contributed by atoms with Gasteiger partial charge in [0.25, 0.3) is 0 Å². The molecule has 0 atom stereocenters. The molecule has 0 saturated heterocycles. The van der Waals surface area contributed by atoms with Crippen LogP contribution in [0.15, 0.2) is 18.2 Å². The number of benzene rings is 1. The van der Waals surface area contributed by atoms with E-state index in [1.165, 1.54) is 6.07 Å². The molecular formula is C9H12BFO2S. The van der Waals surface area contributed by atoms with Gasteiger partial charge in [0, 0.05) is 5.75 Å². The first-order chi connectivity index (χ1) is 6.65. The Kier molecular flexibility index (Phi) is 4.45. The van der Waals surface area contributed by atoms with Gasteiger partial charge in [-0.2, -0.15) is 11.8 Å². The number of hydrogen-bond donors (Lipinski definition) is 2. The Morgan fingerprint density at radius 3 is 2.64 bits per heavy atom. The van der Waals surface area contributed by atoms with E-state index < -0.39 is 7.12 Å². The largest absolute Gasteiger partial charge is 0.488 e. The van der Waals surface area contributed by atoms with Gasteiger partial charge in [-0.25, -0.2) is 4.39 Å². The summed E-state index contributed by atoms with van der Waals surface area (Å²) in [5.41, 5.74) is 0.786. The topological polar surface area (TPSA) is 40.5 Å². The van der Waals surface area contributed by atoms with E-state index in [4.69, 9.17) is 10.0 Å². The Bertz CT molecular complexity index is 307. The highest BCUT2D eigenvalue weighted by atomic mass is 32.2. The highest BCUT2D eigenvalue weighted by Gasteiger charge is 2.12. The predicted molar refractivity (Wildman–Crippen MR) is 58.1 cm³/mol. The second-order valence-electron chi connectivity index (χ2n) is 2.86. The lowest BCUT2D eigenvalue weighted by Crippen LogP contribution is -2.30. The van der Waals surface area contributed by atoms with Crippen LogP contribution in [-0.2, 0) is 5.75 Å². The molecule has 0 aliphatic rings. The molecule has 0 radical (unpaired) electrons. The third kappa shape index (κ3) is 3.01. The molecule has 0 aliphatic carbocycles. The van der Waals surface area contributed by atoms with E-state index in [9.17, 15) is 4.39 Å². The predicted octanol–water partition coefficient (Wildman–Crippen LogP) is 0.759. The normalized spacial score (nSPS) is 10.3. The van der Waals surface area contributed by atoms with Crippen LogP contribution in [0.2, 0.25) is 0 Å². The summed E-state index contributed by atoms with van der Waals surface area (Å²) < 4.78 is 13.3. The van der Waals surface area contributed by atoms with Crippen LogP contribution in [0.5, 0.6) is 0 Å². The SMILES string of the molecule is CCSCc1ccc(B(O)O)cc1F. The molecule has 0 spiro atoms. The summed E-state index contributed by atoms with van der Waals surface area (Å²) in [4.78, 5) is 0. The Hall–Kier alpha value is -0.515. The van der Waals surface area contributed by atoms with E-state index in [1.807, 2.05) is 6.92 Å². The van der Waals surface area contributed by atoms with Crippen LogP contribution >= 0.6 is 11.8 Å². The number of rotatable bonds is 4. The average Bonchev–Trinajstić information content (AvgIpc) is 2.15. The standard InChI is InChI=1S/C9H12BFO2S/c1-2-14-6-7-3-4-8(10(12)13)5-9(7)11/h3-5,12-13H,2,6H2,1H3. The van der Waals surface area contributed by atoms with Crippen molar-refractivity contribution in [2.75, 3.05) is 5.75 Å². The Balaban J connectivity index is 2.79. The molecule has 2 N–H and O–H groups in total. The lowest BCUT2D eigenvalue weighted by atomic mass is 9.80. The van der Waals surface area contributed by atoms with Gasteiger partial charge in [0.05, 0.1) is 0 Å². The van der Waals surface area contributed by atoms with Gasteiger partial charge >= 0.3 is 7.12 Å². The fraction of sp³-hybridized carbons (Fsp3) is 0.333. The molecule has 2 nitrogen and oxygen atoms in total. The molecule has 0 saturated carbocycles. The maximum absolute atomic E-state index is 13.3. The average molecular weight is 214 g/mol. The second kappa shape index (κ2) is 5.39. The molecular weight excluding hydrogens is 202 g/mol. The Labute approximate surface area is 87.3 Å². The third-order valence-corrected chi connectivity index (χ3v) is 2.76. The van der Waals surface area contributed by atoms with Crippen molar-refractivity contribution in [1.29, 1.82) is 0 Å². The lowest BCUT2D eigenvalue weighted by molar-refractivity contribution is 0.425. The molecule has 0 bridgehead atoms. The minimum atomic E-state index is -1.60. The summed E-state index contributed by atoms with van der Waals surface area (Å²) >= 11 is 1.62. The van der Waals surface area contributed by atoms with E-state index in [2.05, 4.69) is 0 Å². The summed E-state index contributed by atoms with van der Waals surface area (Å²) in [6.07, 6.45) is 0. The quantitative estimate of drug-likeness (QED) is 0.727. The van der Waals surface area contributed by atoms with Gasteiger partial charge in [-0.15, -0.1) is 0 Å². The van der Waals surface area contributed by atoms with Crippen LogP contribution in [0.4, 0.5) is 4.39 Å². The first-order valence-corrected chi connectivity index (χ1v) is 5.52. The zero-order valence-electron chi connectivity index (χ0n) is 7.90. The monoisotopic (exact) mass is 214 g/mol. The van der Waals surface area contributed by atoms with Gasteiger partial charge in [-0.1, -0.05) is 19.1 Å². The van der Waals surface area contributed by atoms with Crippen molar-refractivity contribution in [2.24, 2.45) is 0 Å². The molecule has 0 unspecified atom stereocenters. The Morgan fingerprint density at radius 2 is 2.14 bits per heavy atom. The molecule has 5 heteroatoms. The maximum atomic E-state index is 13.3. The van der Waals surface area contributed by atoms with Gasteiger partial charge in [0.1, 0.15) is 5.82 Å². The van der Waals surface area contributed by atoms with Crippen LogP contribution in [0.1, 0.15) is 12.5 Å². The van der Waals surface area contributed by atoms with Crippen molar-refractivity contribution in [3.05, 3.63) is 29.6 Å². The molecule has 0 aliphatic heterocycles. The van der Waals surface area contributed by atoms with Crippen LogP contribution in [-0.4, -0.2) is 22.9 Å². The summed E-state index contributed by atoms with van der Waals surface area (Å²) in [6.45, 7) is 2.01. The van der Waals surface area contributed by atoms with Crippen molar-refractivity contribution in [3.63, 3.8) is 0 Å². The minimum absolute atomic E-state index is 0.188. The highest BCUT2D eigenvalue weighted by Crippen LogP contribution is 2.14.